The van der Waals surface area contributed by atoms with Crippen molar-refractivity contribution in [2.24, 2.45) is 0 Å². The Morgan fingerprint density at radius 3 is 2.92 bits per heavy atom. The van der Waals surface area contributed by atoms with Gasteiger partial charge in [-0.05, 0) is 38.3 Å². The van der Waals surface area contributed by atoms with Crippen molar-refractivity contribution in [1.29, 1.82) is 0 Å². The summed E-state index contributed by atoms with van der Waals surface area (Å²) in [7, 11) is 0. The molecule has 1 saturated heterocycles. The van der Waals surface area contributed by atoms with Crippen molar-refractivity contribution in [3.8, 4) is 0 Å². The third kappa shape index (κ3) is 5.43. The Morgan fingerprint density at radius 1 is 1.32 bits per heavy atom. The number of nitrogens with one attached hydrogen (secondary N) is 1. The van der Waals surface area contributed by atoms with Gasteiger partial charge in [-0.25, -0.2) is 0 Å². The monoisotopic (exact) mass is 341 g/mol. The van der Waals surface area contributed by atoms with Crippen LogP contribution in [0.2, 0.25) is 0 Å². The number of carbonyl (C=O) groups excluding carboxylic acids is 1. The summed E-state index contributed by atoms with van der Waals surface area (Å²) in [6.07, 6.45) is 5.01. The number of rotatable bonds is 7. The van der Waals surface area contributed by atoms with Gasteiger partial charge in [0.1, 0.15) is 5.76 Å². The van der Waals surface area contributed by atoms with Gasteiger partial charge >= 0.3 is 0 Å². The zero-order chi connectivity index (χ0) is 17.5. The van der Waals surface area contributed by atoms with E-state index in [-0.39, 0.29) is 12.3 Å². The molecule has 5 nitrogen and oxygen atoms in total. The largest absolute Gasteiger partial charge is 0.361 e. The summed E-state index contributed by atoms with van der Waals surface area (Å²) >= 11 is 0. The summed E-state index contributed by atoms with van der Waals surface area (Å²) in [6.45, 7) is 4.71. The molecule has 1 amide bonds. The lowest BCUT2D eigenvalue weighted by Gasteiger charge is -2.36. The van der Waals surface area contributed by atoms with Crippen LogP contribution in [0, 0.1) is 6.92 Å². The number of piperidine rings is 1. The first kappa shape index (κ1) is 17.7. The van der Waals surface area contributed by atoms with Crippen LogP contribution in [-0.4, -0.2) is 35.1 Å². The van der Waals surface area contributed by atoms with Gasteiger partial charge in [0, 0.05) is 25.2 Å². The van der Waals surface area contributed by atoms with Crippen LogP contribution in [0.5, 0.6) is 0 Å². The zero-order valence-corrected chi connectivity index (χ0v) is 14.9. The molecule has 1 atom stereocenters. The summed E-state index contributed by atoms with van der Waals surface area (Å²) < 4.78 is 5.10. The Morgan fingerprint density at radius 2 is 2.16 bits per heavy atom. The number of aryl methyl sites for hydroxylation is 1. The lowest BCUT2D eigenvalue weighted by Crippen LogP contribution is -2.41. The lowest BCUT2D eigenvalue weighted by molar-refractivity contribution is -0.120. The predicted molar refractivity (Wildman–Crippen MR) is 97.1 cm³/mol. The second kappa shape index (κ2) is 8.81. The van der Waals surface area contributed by atoms with Crippen molar-refractivity contribution < 1.29 is 9.32 Å². The minimum Gasteiger partial charge on any atom is -0.361 e. The maximum absolute atomic E-state index is 12.0. The summed E-state index contributed by atoms with van der Waals surface area (Å²) in [5.74, 6) is 0.625. The molecule has 1 aliphatic rings. The van der Waals surface area contributed by atoms with E-state index in [0.717, 1.165) is 25.2 Å². The van der Waals surface area contributed by atoms with Crippen molar-refractivity contribution in [3.05, 3.63) is 53.4 Å². The Kier molecular flexibility index (Phi) is 6.23. The SMILES string of the molecule is Cc1cc(CC(=O)NCCC2CCCCN2Cc2ccccc2)on1. The molecule has 3 rings (SSSR count). The van der Waals surface area contributed by atoms with E-state index in [1.165, 1.54) is 24.8 Å². The fraction of sp³-hybridized carbons (Fsp3) is 0.500. The normalized spacial score (nSPS) is 18.2. The molecule has 134 valence electrons. The highest BCUT2D eigenvalue weighted by Gasteiger charge is 2.22. The molecule has 1 aliphatic heterocycles. The van der Waals surface area contributed by atoms with Gasteiger partial charge in [-0.15, -0.1) is 0 Å². The summed E-state index contributed by atoms with van der Waals surface area (Å²) in [5, 5.41) is 6.83. The van der Waals surface area contributed by atoms with E-state index in [0.29, 0.717) is 18.3 Å². The molecule has 0 bridgehead atoms. The highest BCUT2D eigenvalue weighted by atomic mass is 16.5. The number of amides is 1. The number of hydrogen-bond donors (Lipinski definition) is 1. The summed E-state index contributed by atoms with van der Waals surface area (Å²) in [4.78, 5) is 14.6. The van der Waals surface area contributed by atoms with E-state index in [9.17, 15) is 4.79 Å². The van der Waals surface area contributed by atoms with Crippen molar-refractivity contribution >= 4 is 5.91 Å². The van der Waals surface area contributed by atoms with Crippen molar-refractivity contribution in [1.82, 2.24) is 15.4 Å². The fourth-order valence-electron chi connectivity index (χ4n) is 3.51. The van der Waals surface area contributed by atoms with Crippen LogP contribution in [0.15, 0.2) is 40.9 Å². The maximum Gasteiger partial charge on any atom is 0.227 e. The predicted octanol–water partition coefficient (Wildman–Crippen LogP) is 3.09. The molecule has 0 saturated carbocycles. The molecule has 25 heavy (non-hydrogen) atoms. The summed E-state index contributed by atoms with van der Waals surface area (Å²) in [5.41, 5.74) is 2.17. The van der Waals surface area contributed by atoms with Crippen molar-refractivity contribution in [2.45, 2.75) is 51.6 Å². The standard InChI is InChI=1S/C20H27N3O2/c1-16-13-19(25-22-16)14-20(24)21-11-10-18-9-5-6-12-23(18)15-17-7-3-2-4-8-17/h2-4,7-8,13,18H,5-6,9-12,14-15H2,1H3,(H,21,24). The number of likely N-dealkylation sites (tertiary alicyclic amines) is 1. The van der Waals surface area contributed by atoms with Gasteiger partial charge in [0.15, 0.2) is 0 Å². The van der Waals surface area contributed by atoms with Gasteiger partial charge in [0.25, 0.3) is 0 Å². The molecule has 1 aromatic carbocycles. The van der Waals surface area contributed by atoms with Crippen LogP contribution < -0.4 is 5.32 Å². The van der Waals surface area contributed by atoms with E-state index in [4.69, 9.17) is 4.52 Å². The van der Waals surface area contributed by atoms with Gasteiger partial charge in [0.2, 0.25) is 5.91 Å². The average Bonchev–Trinajstić information content (AvgIpc) is 3.02. The smallest absolute Gasteiger partial charge is 0.227 e. The highest BCUT2D eigenvalue weighted by Crippen LogP contribution is 2.21. The zero-order valence-electron chi connectivity index (χ0n) is 14.9. The lowest BCUT2D eigenvalue weighted by atomic mass is 9.98. The number of nitrogens with zero attached hydrogens (tertiary/aromatic N) is 2. The van der Waals surface area contributed by atoms with Crippen LogP contribution in [-0.2, 0) is 17.8 Å². The van der Waals surface area contributed by atoms with Crippen LogP contribution in [0.4, 0.5) is 0 Å². The van der Waals surface area contributed by atoms with Gasteiger partial charge in [-0.3, -0.25) is 9.69 Å². The fourth-order valence-corrected chi connectivity index (χ4v) is 3.51. The first-order valence-corrected chi connectivity index (χ1v) is 9.17. The molecule has 1 unspecified atom stereocenters. The second-order valence-electron chi connectivity index (χ2n) is 6.86. The van der Waals surface area contributed by atoms with Crippen molar-refractivity contribution in [2.75, 3.05) is 13.1 Å². The molecule has 1 N–H and O–H groups in total. The number of benzene rings is 1. The van der Waals surface area contributed by atoms with E-state index in [1.54, 1.807) is 0 Å². The molecular formula is C20H27N3O2. The van der Waals surface area contributed by atoms with Crippen LogP contribution in [0.3, 0.4) is 0 Å². The Bertz CT molecular complexity index is 669. The first-order valence-electron chi connectivity index (χ1n) is 9.17. The third-order valence-electron chi connectivity index (χ3n) is 4.79. The Labute approximate surface area is 149 Å². The molecule has 2 aromatic rings. The molecule has 0 aliphatic carbocycles. The van der Waals surface area contributed by atoms with Gasteiger partial charge in [0.05, 0.1) is 12.1 Å². The van der Waals surface area contributed by atoms with Crippen LogP contribution in [0.25, 0.3) is 0 Å². The van der Waals surface area contributed by atoms with E-state index in [2.05, 4.69) is 45.7 Å². The average molecular weight is 341 g/mol. The van der Waals surface area contributed by atoms with Crippen LogP contribution >= 0.6 is 0 Å². The third-order valence-corrected chi connectivity index (χ3v) is 4.79. The van der Waals surface area contributed by atoms with Crippen molar-refractivity contribution in [3.63, 3.8) is 0 Å². The van der Waals surface area contributed by atoms with Gasteiger partial charge < -0.3 is 9.84 Å². The highest BCUT2D eigenvalue weighted by molar-refractivity contribution is 5.77. The van der Waals surface area contributed by atoms with Crippen LogP contribution in [0.1, 0.15) is 42.7 Å². The van der Waals surface area contributed by atoms with Gasteiger partial charge in [-0.2, -0.15) is 0 Å². The number of aromatic nitrogens is 1. The van der Waals surface area contributed by atoms with E-state index in [1.807, 2.05) is 13.0 Å². The number of carbonyl (C=O) groups is 1. The molecule has 0 radical (unpaired) electrons. The maximum atomic E-state index is 12.0. The quantitative estimate of drug-likeness (QED) is 0.841. The Balaban J connectivity index is 1.44. The molecule has 1 aromatic heterocycles. The Hall–Kier alpha value is -2.14. The number of hydrogen-bond acceptors (Lipinski definition) is 4. The molecule has 0 spiro atoms. The van der Waals surface area contributed by atoms with E-state index < -0.39 is 0 Å². The topological polar surface area (TPSA) is 58.4 Å². The molecule has 5 heteroatoms. The molecule has 2 heterocycles. The van der Waals surface area contributed by atoms with Gasteiger partial charge in [-0.1, -0.05) is 41.9 Å². The van der Waals surface area contributed by atoms with E-state index >= 15 is 0 Å². The second-order valence-corrected chi connectivity index (χ2v) is 6.86. The summed E-state index contributed by atoms with van der Waals surface area (Å²) in [6, 6.07) is 13.0. The minimum atomic E-state index is 0.00145. The molecular weight excluding hydrogens is 314 g/mol. The molecule has 1 fully saturated rings. The minimum absolute atomic E-state index is 0.00145. The first-order chi connectivity index (χ1) is 12.2.